The van der Waals surface area contributed by atoms with Gasteiger partial charge in [-0.05, 0) is 31.0 Å². The van der Waals surface area contributed by atoms with Crippen molar-refractivity contribution in [3.8, 4) is 11.6 Å². The minimum absolute atomic E-state index is 0.725. The number of aromatic nitrogens is 1. The van der Waals surface area contributed by atoms with Gasteiger partial charge in [0.15, 0.2) is 0 Å². The number of nitrogens with zero attached hydrogens (tertiary/aromatic N) is 1. The third-order valence-corrected chi connectivity index (χ3v) is 3.00. The fourth-order valence-corrected chi connectivity index (χ4v) is 1.98. The number of para-hydroxylation sites is 1. The Hall–Kier alpha value is -1.83. The second-order valence-electron chi connectivity index (χ2n) is 4.55. The summed E-state index contributed by atoms with van der Waals surface area (Å²) in [6.07, 6.45) is 7.36. The van der Waals surface area contributed by atoms with Gasteiger partial charge in [-0.25, -0.2) is 4.98 Å². The Bertz CT molecular complexity index is 482. The molecule has 0 aliphatic heterocycles. The summed E-state index contributed by atoms with van der Waals surface area (Å²) in [5.41, 5.74) is 1.18. The molecule has 0 fully saturated rings. The maximum atomic E-state index is 5.84. The molecule has 2 nitrogen and oxygen atoms in total. The van der Waals surface area contributed by atoms with Crippen LogP contribution in [0.4, 0.5) is 0 Å². The van der Waals surface area contributed by atoms with Crippen molar-refractivity contribution in [3.63, 3.8) is 0 Å². The smallest absolute Gasteiger partial charge is 0.222 e. The fraction of sp³-hybridized carbons (Fsp3) is 0.294. The van der Waals surface area contributed by atoms with Crippen LogP contribution in [0, 0.1) is 6.92 Å². The zero-order chi connectivity index (χ0) is 13.3. The molecule has 2 aromatic rings. The number of ether oxygens (including phenoxy) is 1. The molecule has 2 rings (SSSR count). The van der Waals surface area contributed by atoms with Crippen LogP contribution in [0.25, 0.3) is 0 Å². The Morgan fingerprint density at radius 3 is 2.58 bits per heavy atom. The Morgan fingerprint density at radius 1 is 0.947 bits per heavy atom. The molecule has 0 aliphatic rings. The fourth-order valence-electron chi connectivity index (χ4n) is 1.98. The number of benzene rings is 1. The van der Waals surface area contributed by atoms with E-state index in [1.165, 1.54) is 18.4 Å². The van der Waals surface area contributed by atoms with Gasteiger partial charge in [0, 0.05) is 11.8 Å². The van der Waals surface area contributed by atoms with Crippen molar-refractivity contribution in [2.24, 2.45) is 0 Å². The highest BCUT2D eigenvalue weighted by atomic mass is 16.5. The largest absolute Gasteiger partial charge is 0.439 e. The lowest BCUT2D eigenvalue weighted by atomic mass is 10.1. The van der Waals surface area contributed by atoms with Gasteiger partial charge in [0.05, 0.1) is 0 Å². The minimum atomic E-state index is 0.725. The van der Waals surface area contributed by atoms with E-state index in [1.807, 2.05) is 36.4 Å². The van der Waals surface area contributed by atoms with Crippen LogP contribution in [-0.4, -0.2) is 4.98 Å². The van der Waals surface area contributed by atoms with Gasteiger partial charge in [-0.3, -0.25) is 0 Å². The van der Waals surface area contributed by atoms with Gasteiger partial charge < -0.3 is 4.74 Å². The predicted molar refractivity (Wildman–Crippen MR) is 78.3 cm³/mol. The lowest BCUT2D eigenvalue weighted by Gasteiger charge is -2.09. The van der Waals surface area contributed by atoms with Crippen LogP contribution in [-0.2, 0) is 6.42 Å². The SMILES string of the molecule is [CH2]CCCCCc1cccnc1Oc1ccccc1. The number of hydrogen-bond donors (Lipinski definition) is 0. The van der Waals surface area contributed by atoms with Gasteiger partial charge >= 0.3 is 0 Å². The first-order valence-electron chi connectivity index (χ1n) is 6.86. The van der Waals surface area contributed by atoms with E-state index in [0.717, 1.165) is 30.9 Å². The number of hydrogen-bond acceptors (Lipinski definition) is 2. The predicted octanol–water partition coefficient (Wildman–Crippen LogP) is 4.81. The van der Waals surface area contributed by atoms with Gasteiger partial charge in [0.1, 0.15) is 5.75 Å². The monoisotopic (exact) mass is 254 g/mol. The van der Waals surface area contributed by atoms with Gasteiger partial charge in [-0.15, -0.1) is 0 Å². The molecular weight excluding hydrogens is 234 g/mol. The molecule has 0 amide bonds. The zero-order valence-corrected chi connectivity index (χ0v) is 11.2. The average Bonchev–Trinajstić information content (AvgIpc) is 2.46. The Kier molecular flexibility index (Phi) is 5.42. The second kappa shape index (κ2) is 7.57. The molecule has 2 heteroatoms. The summed E-state index contributed by atoms with van der Waals surface area (Å²) < 4.78 is 5.84. The molecule has 0 saturated carbocycles. The number of rotatable bonds is 7. The van der Waals surface area contributed by atoms with Crippen molar-refractivity contribution in [3.05, 3.63) is 61.1 Å². The van der Waals surface area contributed by atoms with Gasteiger partial charge in [-0.1, -0.05) is 50.5 Å². The third kappa shape index (κ3) is 4.40. The summed E-state index contributed by atoms with van der Waals surface area (Å²) in [6.45, 7) is 3.87. The van der Waals surface area contributed by atoms with E-state index < -0.39 is 0 Å². The molecule has 0 atom stereocenters. The summed E-state index contributed by atoms with van der Waals surface area (Å²) in [6, 6.07) is 13.9. The molecule has 1 aromatic carbocycles. The molecule has 0 bridgehead atoms. The molecule has 0 unspecified atom stereocenters. The maximum Gasteiger partial charge on any atom is 0.222 e. The highest BCUT2D eigenvalue weighted by Crippen LogP contribution is 2.23. The topological polar surface area (TPSA) is 22.1 Å². The average molecular weight is 254 g/mol. The summed E-state index contributed by atoms with van der Waals surface area (Å²) >= 11 is 0. The van der Waals surface area contributed by atoms with Crippen LogP contribution in [0.3, 0.4) is 0 Å². The van der Waals surface area contributed by atoms with E-state index in [-0.39, 0.29) is 0 Å². The van der Waals surface area contributed by atoms with Crippen LogP contribution in [0.5, 0.6) is 11.6 Å². The van der Waals surface area contributed by atoms with Crippen LogP contribution < -0.4 is 4.74 Å². The van der Waals surface area contributed by atoms with Crippen molar-refractivity contribution < 1.29 is 4.74 Å². The Labute approximate surface area is 115 Å². The number of aryl methyl sites for hydroxylation is 1. The van der Waals surface area contributed by atoms with Crippen molar-refractivity contribution in [1.29, 1.82) is 0 Å². The van der Waals surface area contributed by atoms with Crippen LogP contribution in [0.1, 0.15) is 31.2 Å². The van der Waals surface area contributed by atoms with Crippen molar-refractivity contribution in [2.75, 3.05) is 0 Å². The Morgan fingerprint density at radius 2 is 1.79 bits per heavy atom. The van der Waals surface area contributed by atoms with Crippen LogP contribution >= 0.6 is 0 Å². The van der Waals surface area contributed by atoms with Gasteiger partial charge in [-0.2, -0.15) is 0 Å². The lowest BCUT2D eigenvalue weighted by Crippen LogP contribution is -1.95. The minimum Gasteiger partial charge on any atom is -0.439 e. The number of unbranched alkanes of at least 4 members (excludes halogenated alkanes) is 3. The second-order valence-corrected chi connectivity index (χ2v) is 4.55. The molecule has 0 saturated heterocycles. The first kappa shape index (κ1) is 13.6. The van der Waals surface area contributed by atoms with Crippen molar-refractivity contribution >= 4 is 0 Å². The zero-order valence-electron chi connectivity index (χ0n) is 11.2. The van der Waals surface area contributed by atoms with E-state index in [4.69, 9.17) is 4.74 Å². The summed E-state index contributed by atoms with van der Waals surface area (Å²) in [5, 5.41) is 0. The van der Waals surface area contributed by atoms with Crippen LogP contribution in [0.2, 0.25) is 0 Å². The van der Waals surface area contributed by atoms with Crippen molar-refractivity contribution in [2.45, 2.75) is 32.1 Å². The number of pyridine rings is 1. The molecule has 0 aliphatic carbocycles. The quantitative estimate of drug-likeness (QED) is 0.661. The molecule has 99 valence electrons. The van der Waals surface area contributed by atoms with Crippen LogP contribution in [0.15, 0.2) is 48.7 Å². The van der Waals surface area contributed by atoms with E-state index in [1.54, 1.807) is 6.20 Å². The van der Waals surface area contributed by atoms with Gasteiger partial charge in [0.25, 0.3) is 0 Å². The summed E-state index contributed by atoms with van der Waals surface area (Å²) in [4.78, 5) is 4.34. The standard InChI is InChI=1S/C17H20NO/c1-2-3-4-6-10-15-11-9-14-18-17(15)19-16-12-7-5-8-13-16/h5,7-9,11-14H,1-4,6,10H2. The van der Waals surface area contributed by atoms with Gasteiger partial charge in [0.2, 0.25) is 5.88 Å². The summed E-state index contributed by atoms with van der Waals surface area (Å²) in [5.74, 6) is 1.56. The van der Waals surface area contributed by atoms with E-state index >= 15 is 0 Å². The van der Waals surface area contributed by atoms with E-state index in [2.05, 4.69) is 18.0 Å². The molecular formula is C17H20NO. The Balaban J connectivity index is 2.00. The first-order valence-corrected chi connectivity index (χ1v) is 6.86. The first-order chi connectivity index (χ1) is 9.40. The molecule has 0 N–H and O–H groups in total. The molecule has 0 spiro atoms. The van der Waals surface area contributed by atoms with Crippen molar-refractivity contribution in [1.82, 2.24) is 4.98 Å². The molecule has 1 aromatic heterocycles. The van der Waals surface area contributed by atoms with E-state index in [0.29, 0.717) is 0 Å². The third-order valence-electron chi connectivity index (χ3n) is 3.00. The maximum absolute atomic E-state index is 5.84. The lowest BCUT2D eigenvalue weighted by molar-refractivity contribution is 0.454. The highest BCUT2D eigenvalue weighted by molar-refractivity contribution is 5.32. The normalized spacial score (nSPS) is 10.4. The summed E-state index contributed by atoms with van der Waals surface area (Å²) in [7, 11) is 0. The highest BCUT2D eigenvalue weighted by Gasteiger charge is 2.05. The van der Waals surface area contributed by atoms with E-state index in [9.17, 15) is 0 Å². The molecule has 19 heavy (non-hydrogen) atoms. The molecule has 1 radical (unpaired) electrons. The molecule has 1 heterocycles.